The van der Waals surface area contributed by atoms with Crippen LogP contribution >= 0.6 is 0 Å². The Kier molecular flexibility index (Phi) is 7.65. The Balaban J connectivity index is 1.18. The number of rotatable bonds is 4. The van der Waals surface area contributed by atoms with Crippen molar-refractivity contribution in [2.24, 2.45) is 0 Å². The van der Waals surface area contributed by atoms with Crippen LogP contribution in [0.15, 0.2) is 170 Å². The predicted octanol–water partition coefficient (Wildman–Crippen LogP) is 14.7. The van der Waals surface area contributed by atoms with Gasteiger partial charge >= 0.3 is 0 Å². The van der Waals surface area contributed by atoms with E-state index in [1.807, 2.05) is 12.4 Å². The highest BCUT2D eigenvalue weighted by Gasteiger charge is 2.39. The standard InChI is InChI=1S/C55H46N4/c1-35-30-52(59-47-22-12-7-17-40(47)41-27-28-56-34-53(41)59)36(2)29-42(35)37-31-38(57-48-23-13-8-18-43(48)54(3,4)44-19-9-14-24-49(44)57)33-39(32-37)58-50-25-15-10-20-45(50)55(5,6)46-21-11-16-26-51(46)58/h7-34H,1-6H3. The van der Waals surface area contributed by atoms with E-state index in [0.29, 0.717) is 0 Å². The molecule has 0 spiro atoms. The van der Waals surface area contributed by atoms with Gasteiger partial charge in [0.05, 0.1) is 40.0 Å². The lowest BCUT2D eigenvalue weighted by Crippen LogP contribution is -2.31. The second kappa shape index (κ2) is 12.8. The van der Waals surface area contributed by atoms with Crippen molar-refractivity contribution in [1.82, 2.24) is 9.55 Å². The van der Waals surface area contributed by atoms with Crippen LogP contribution in [0.1, 0.15) is 61.1 Å². The van der Waals surface area contributed by atoms with Crippen molar-refractivity contribution < 1.29 is 0 Å². The number of anilines is 6. The third-order valence-corrected chi connectivity index (χ3v) is 13.3. The molecular weight excluding hydrogens is 717 g/mol. The summed E-state index contributed by atoms with van der Waals surface area (Å²) in [4.78, 5) is 9.56. The van der Waals surface area contributed by atoms with Crippen LogP contribution in [0.4, 0.5) is 34.1 Å². The molecule has 4 heteroatoms. The molecule has 2 aliphatic rings. The normalized spacial score (nSPS) is 14.8. The summed E-state index contributed by atoms with van der Waals surface area (Å²) < 4.78 is 2.39. The molecule has 0 saturated carbocycles. The molecule has 2 aromatic heterocycles. The first-order chi connectivity index (χ1) is 28.6. The van der Waals surface area contributed by atoms with Crippen LogP contribution in [0.25, 0.3) is 38.6 Å². The maximum absolute atomic E-state index is 4.57. The third kappa shape index (κ3) is 5.12. The van der Waals surface area contributed by atoms with Crippen molar-refractivity contribution in [3.8, 4) is 16.8 Å². The van der Waals surface area contributed by atoms with Crippen LogP contribution in [-0.2, 0) is 10.8 Å². The zero-order chi connectivity index (χ0) is 40.2. The summed E-state index contributed by atoms with van der Waals surface area (Å²) in [6.07, 6.45) is 3.89. The summed E-state index contributed by atoms with van der Waals surface area (Å²) in [6.45, 7) is 13.9. The molecule has 0 bridgehead atoms. The minimum Gasteiger partial charge on any atom is -0.310 e. The Bertz CT molecular complexity index is 2890. The molecule has 0 saturated heterocycles. The summed E-state index contributed by atoms with van der Waals surface area (Å²) in [7, 11) is 0. The second-order valence-corrected chi connectivity index (χ2v) is 17.4. The van der Waals surface area contributed by atoms with Gasteiger partial charge < -0.3 is 14.4 Å². The zero-order valence-electron chi connectivity index (χ0n) is 34.5. The number of para-hydroxylation sites is 5. The van der Waals surface area contributed by atoms with Crippen LogP contribution in [0.3, 0.4) is 0 Å². The highest BCUT2D eigenvalue weighted by atomic mass is 15.2. The molecule has 0 fully saturated rings. The maximum Gasteiger partial charge on any atom is 0.0724 e. The number of aromatic nitrogens is 2. The smallest absolute Gasteiger partial charge is 0.0724 e. The summed E-state index contributed by atoms with van der Waals surface area (Å²) >= 11 is 0. The van der Waals surface area contributed by atoms with E-state index in [1.54, 1.807) is 0 Å². The van der Waals surface area contributed by atoms with E-state index in [-0.39, 0.29) is 10.8 Å². The fraction of sp³-hybridized carbons (Fsp3) is 0.145. The number of fused-ring (bicyclic) bond motifs is 7. The van der Waals surface area contributed by atoms with Crippen LogP contribution < -0.4 is 9.80 Å². The van der Waals surface area contributed by atoms with Crippen LogP contribution in [0.5, 0.6) is 0 Å². The average Bonchev–Trinajstić information content (AvgIpc) is 3.59. The van der Waals surface area contributed by atoms with E-state index in [2.05, 4.69) is 219 Å². The zero-order valence-corrected chi connectivity index (χ0v) is 34.5. The van der Waals surface area contributed by atoms with Gasteiger partial charge in [-0.05, 0) is 125 Å². The van der Waals surface area contributed by atoms with E-state index in [9.17, 15) is 0 Å². The van der Waals surface area contributed by atoms with Crippen molar-refractivity contribution in [1.29, 1.82) is 0 Å². The lowest BCUT2D eigenvalue weighted by atomic mass is 9.73. The van der Waals surface area contributed by atoms with Crippen molar-refractivity contribution >= 4 is 55.9 Å². The van der Waals surface area contributed by atoms with Crippen molar-refractivity contribution in [3.05, 3.63) is 203 Å². The molecule has 0 unspecified atom stereocenters. The van der Waals surface area contributed by atoms with Gasteiger partial charge in [-0.2, -0.15) is 0 Å². The number of benzene rings is 7. The lowest BCUT2D eigenvalue weighted by Gasteiger charge is -2.43. The first kappa shape index (κ1) is 35.3. The summed E-state index contributed by atoms with van der Waals surface area (Å²) in [5.74, 6) is 0. The van der Waals surface area contributed by atoms with Gasteiger partial charge in [0, 0.05) is 44.9 Å². The van der Waals surface area contributed by atoms with Gasteiger partial charge in [0.25, 0.3) is 0 Å². The minimum absolute atomic E-state index is 0.160. The molecule has 59 heavy (non-hydrogen) atoms. The van der Waals surface area contributed by atoms with Crippen LogP contribution in [0, 0.1) is 13.8 Å². The summed E-state index contributed by atoms with van der Waals surface area (Å²) in [6, 6.07) is 58.6. The third-order valence-electron chi connectivity index (χ3n) is 13.3. The highest BCUT2D eigenvalue weighted by Crippen LogP contribution is 2.55. The quantitative estimate of drug-likeness (QED) is 0.178. The molecule has 7 aromatic carbocycles. The molecule has 0 atom stereocenters. The van der Waals surface area contributed by atoms with E-state index < -0.39 is 0 Å². The maximum atomic E-state index is 4.57. The van der Waals surface area contributed by atoms with Gasteiger partial charge in [-0.15, -0.1) is 0 Å². The number of aryl methyl sites for hydroxylation is 2. The van der Waals surface area contributed by atoms with Crippen molar-refractivity contribution in [2.75, 3.05) is 9.80 Å². The molecule has 4 nitrogen and oxygen atoms in total. The van der Waals surface area contributed by atoms with Gasteiger partial charge in [0.2, 0.25) is 0 Å². The Morgan fingerprint density at radius 3 is 1.41 bits per heavy atom. The van der Waals surface area contributed by atoms with E-state index >= 15 is 0 Å². The Morgan fingerprint density at radius 2 is 0.881 bits per heavy atom. The molecular formula is C55H46N4. The highest BCUT2D eigenvalue weighted by molar-refractivity contribution is 6.09. The van der Waals surface area contributed by atoms with E-state index in [0.717, 1.165) is 16.9 Å². The molecule has 0 amide bonds. The predicted molar refractivity (Wildman–Crippen MR) is 247 cm³/mol. The SMILES string of the molecule is Cc1cc(-n2c3ccccc3c3ccncc32)c(C)cc1-c1cc(N2c3ccccc3C(C)(C)c3ccccc32)cc(N2c3ccccc3C(C)(C)c3ccccc32)c1. The van der Waals surface area contributed by atoms with Gasteiger partial charge in [0.1, 0.15) is 0 Å². The van der Waals surface area contributed by atoms with Gasteiger partial charge in [0.15, 0.2) is 0 Å². The molecule has 11 rings (SSSR count). The number of hydrogen-bond acceptors (Lipinski definition) is 3. The van der Waals surface area contributed by atoms with Crippen molar-refractivity contribution in [3.63, 3.8) is 0 Å². The number of pyridine rings is 1. The number of hydrogen-bond donors (Lipinski definition) is 0. The fourth-order valence-corrected chi connectivity index (χ4v) is 10.3. The first-order valence-electron chi connectivity index (χ1n) is 20.7. The van der Waals surface area contributed by atoms with Crippen molar-refractivity contribution in [2.45, 2.75) is 52.4 Å². The Morgan fingerprint density at radius 1 is 0.424 bits per heavy atom. The largest absolute Gasteiger partial charge is 0.310 e. The summed E-state index contributed by atoms with van der Waals surface area (Å²) in [5.41, 5.74) is 20.3. The van der Waals surface area contributed by atoms with Gasteiger partial charge in [-0.1, -0.05) is 119 Å². The average molecular weight is 763 g/mol. The Hall–Kier alpha value is -6.91. The molecule has 0 radical (unpaired) electrons. The number of nitrogens with zero attached hydrogens (tertiary/aromatic N) is 4. The molecule has 4 heterocycles. The lowest BCUT2D eigenvalue weighted by molar-refractivity contribution is 0.631. The molecule has 9 aromatic rings. The van der Waals surface area contributed by atoms with Gasteiger partial charge in [-0.25, -0.2) is 0 Å². The monoisotopic (exact) mass is 762 g/mol. The summed E-state index contributed by atoms with van der Waals surface area (Å²) in [5, 5.41) is 2.45. The first-order valence-corrected chi connectivity index (χ1v) is 20.7. The van der Waals surface area contributed by atoms with Gasteiger partial charge in [-0.3, -0.25) is 4.98 Å². The van der Waals surface area contributed by atoms with E-state index in [1.165, 1.54) is 89.2 Å². The van der Waals surface area contributed by atoms with Crippen LogP contribution in [-0.4, -0.2) is 9.55 Å². The van der Waals surface area contributed by atoms with E-state index in [4.69, 9.17) is 0 Å². The molecule has 2 aliphatic heterocycles. The topological polar surface area (TPSA) is 24.3 Å². The second-order valence-electron chi connectivity index (χ2n) is 17.4. The molecule has 0 aliphatic carbocycles. The molecule has 286 valence electrons. The van der Waals surface area contributed by atoms with Crippen LogP contribution in [0.2, 0.25) is 0 Å². The Labute approximate surface area is 346 Å². The minimum atomic E-state index is -0.160. The fourth-order valence-electron chi connectivity index (χ4n) is 10.3. The molecule has 0 N–H and O–H groups in total.